The summed E-state index contributed by atoms with van der Waals surface area (Å²) in [6.45, 7) is 6.71. The quantitative estimate of drug-likeness (QED) is 0.696. The van der Waals surface area contributed by atoms with Gasteiger partial charge < -0.3 is 15.5 Å². The molecule has 1 unspecified atom stereocenters. The molecule has 0 bridgehead atoms. The SMILES string of the molecule is CNCC1CCCN(C(=O)c2ccsc2NC(=O)c2ccc(C(C)C)cc2)C1.Cl. The van der Waals surface area contributed by atoms with Gasteiger partial charge in [-0.2, -0.15) is 0 Å². The van der Waals surface area contributed by atoms with E-state index in [1.807, 2.05) is 47.7 Å². The summed E-state index contributed by atoms with van der Waals surface area (Å²) in [6, 6.07) is 9.46. The summed E-state index contributed by atoms with van der Waals surface area (Å²) in [6.07, 6.45) is 2.16. The van der Waals surface area contributed by atoms with Crippen LogP contribution in [0.5, 0.6) is 0 Å². The number of piperidine rings is 1. The van der Waals surface area contributed by atoms with Crippen molar-refractivity contribution in [3.63, 3.8) is 0 Å². The van der Waals surface area contributed by atoms with Crippen LogP contribution in [0, 0.1) is 5.92 Å². The van der Waals surface area contributed by atoms with E-state index in [0.717, 1.165) is 32.5 Å². The van der Waals surface area contributed by atoms with Crippen LogP contribution in [0.25, 0.3) is 0 Å². The van der Waals surface area contributed by atoms with Crippen molar-refractivity contribution in [2.75, 3.05) is 32.0 Å². The molecule has 1 aliphatic heterocycles. The molecule has 1 aromatic heterocycles. The maximum Gasteiger partial charge on any atom is 0.256 e. The predicted molar refractivity (Wildman–Crippen MR) is 123 cm³/mol. The second kappa shape index (κ2) is 10.8. The van der Waals surface area contributed by atoms with Gasteiger partial charge in [-0.3, -0.25) is 9.59 Å². The highest BCUT2D eigenvalue weighted by atomic mass is 35.5. The molecule has 0 aliphatic carbocycles. The molecule has 2 aromatic rings. The van der Waals surface area contributed by atoms with E-state index < -0.39 is 0 Å². The predicted octanol–water partition coefficient (Wildman–Crippen LogP) is 4.62. The highest BCUT2D eigenvalue weighted by Gasteiger charge is 2.26. The van der Waals surface area contributed by atoms with E-state index in [4.69, 9.17) is 0 Å². The lowest BCUT2D eigenvalue weighted by molar-refractivity contribution is 0.0676. The Bertz CT molecular complexity index is 818. The van der Waals surface area contributed by atoms with Crippen molar-refractivity contribution < 1.29 is 9.59 Å². The van der Waals surface area contributed by atoms with Crippen molar-refractivity contribution in [3.8, 4) is 0 Å². The zero-order chi connectivity index (χ0) is 20.1. The Morgan fingerprint density at radius 2 is 1.93 bits per heavy atom. The standard InChI is InChI=1S/C22H29N3O2S.ClH/c1-15(2)17-6-8-18(9-7-17)20(26)24-21-19(10-12-28-21)22(27)25-11-4-5-16(14-25)13-23-3;/h6-10,12,15-16,23H,4-5,11,13-14H2,1-3H3,(H,24,26);1H. The van der Waals surface area contributed by atoms with Gasteiger partial charge in [-0.05, 0) is 67.4 Å². The number of halogens is 1. The van der Waals surface area contributed by atoms with Crippen LogP contribution < -0.4 is 10.6 Å². The molecular weight excluding hydrogens is 406 g/mol. The van der Waals surface area contributed by atoms with Crippen LogP contribution in [0.15, 0.2) is 35.7 Å². The zero-order valence-electron chi connectivity index (χ0n) is 17.2. The summed E-state index contributed by atoms with van der Waals surface area (Å²) in [5.41, 5.74) is 2.38. The number of carbonyl (C=O) groups excluding carboxylic acids is 2. The molecular formula is C22H30ClN3O2S. The van der Waals surface area contributed by atoms with Crippen LogP contribution in [0.1, 0.15) is 58.9 Å². The number of carbonyl (C=O) groups is 2. The van der Waals surface area contributed by atoms with Crippen molar-refractivity contribution in [1.82, 2.24) is 10.2 Å². The maximum absolute atomic E-state index is 13.0. The molecule has 0 spiro atoms. The Labute approximate surface area is 183 Å². The number of nitrogens with one attached hydrogen (secondary N) is 2. The highest BCUT2D eigenvalue weighted by Crippen LogP contribution is 2.27. The van der Waals surface area contributed by atoms with E-state index in [1.165, 1.54) is 16.9 Å². The van der Waals surface area contributed by atoms with E-state index in [1.54, 1.807) is 0 Å². The molecule has 2 amide bonds. The van der Waals surface area contributed by atoms with E-state index in [-0.39, 0.29) is 24.2 Å². The van der Waals surface area contributed by atoms with Crippen molar-refractivity contribution in [2.45, 2.75) is 32.6 Å². The number of benzene rings is 1. The molecule has 5 nitrogen and oxygen atoms in total. The van der Waals surface area contributed by atoms with Gasteiger partial charge in [0.2, 0.25) is 0 Å². The summed E-state index contributed by atoms with van der Waals surface area (Å²) in [5.74, 6) is 0.736. The van der Waals surface area contributed by atoms with E-state index in [2.05, 4.69) is 24.5 Å². The molecule has 0 radical (unpaired) electrons. The Morgan fingerprint density at radius 3 is 2.59 bits per heavy atom. The number of anilines is 1. The van der Waals surface area contributed by atoms with Crippen molar-refractivity contribution >= 4 is 40.6 Å². The van der Waals surface area contributed by atoms with Gasteiger partial charge in [0, 0.05) is 18.7 Å². The summed E-state index contributed by atoms with van der Waals surface area (Å²) in [5, 5.41) is 8.62. The van der Waals surface area contributed by atoms with E-state index >= 15 is 0 Å². The molecule has 1 atom stereocenters. The molecule has 7 heteroatoms. The average molecular weight is 436 g/mol. The fourth-order valence-electron chi connectivity index (χ4n) is 3.64. The molecule has 2 heterocycles. The lowest BCUT2D eigenvalue weighted by atomic mass is 9.97. The van der Waals surface area contributed by atoms with Crippen LogP contribution in [0.2, 0.25) is 0 Å². The first-order valence-corrected chi connectivity index (χ1v) is 10.8. The third-order valence-corrected chi connectivity index (χ3v) is 6.09. The number of rotatable bonds is 6. The van der Waals surface area contributed by atoms with Gasteiger partial charge >= 0.3 is 0 Å². The van der Waals surface area contributed by atoms with Gasteiger partial charge in [0.05, 0.1) is 5.56 Å². The first-order valence-electron chi connectivity index (χ1n) is 9.92. The number of hydrogen-bond acceptors (Lipinski definition) is 4. The first-order chi connectivity index (χ1) is 13.5. The molecule has 3 rings (SSSR count). The summed E-state index contributed by atoms with van der Waals surface area (Å²) < 4.78 is 0. The molecule has 2 N–H and O–H groups in total. The van der Waals surface area contributed by atoms with E-state index in [9.17, 15) is 9.59 Å². The summed E-state index contributed by atoms with van der Waals surface area (Å²) in [4.78, 5) is 27.6. The minimum Gasteiger partial charge on any atom is -0.338 e. The first kappa shape index (κ1) is 23.4. The van der Waals surface area contributed by atoms with Gasteiger partial charge in [-0.15, -0.1) is 23.7 Å². The number of nitrogens with zero attached hydrogens (tertiary/aromatic N) is 1. The Kier molecular flexibility index (Phi) is 8.68. The van der Waals surface area contributed by atoms with Crippen LogP contribution in [-0.4, -0.2) is 43.4 Å². The maximum atomic E-state index is 13.0. The lowest BCUT2D eigenvalue weighted by Gasteiger charge is -2.32. The van der Waals surface area contributed by atoms with Gasteiger partial charge in [-0.1, -0.05) is 26.0 Å². The molecule has 29 heavy (non-hydrogen) atoms. The Morgan fingerprint density at radius 1 is 1.21 bits per heavy atom. The zero-order valence-corrected chi connectivity index (χ0v) is 18.9. The summed E-state index contributed by atoms with van der Waals surface area (Å²) >= 11 is 1.39. The summed E-state index contributed by atoms with van der Waals surface area (Å²) in [7, 11) is 1.95. The number of amides is 2. The normalized spacial score (nSPS) is 16.4. The van der Waals surface area contributed by atoms with Crippen molar-refractivity contribution in [2.24, 2.45) is 5.92 Å². The molecule has 1 saturated heterocycles. The second-order valence-electron chi connectivity index (χ2n) is 7.71. The number of hydrogen-bond donors (Lipinski definition) is 2. The van der Waals surface area contributed by atoms with Crippen LogP contribution >= 0.6 is 23.7 Å². The topological polar surface area (TPSA) is 61.4 Å². The van der Waals surface area contributed by atoms with Crippen LogP contribution in [0.4, 0.5) is 5.00 Å². The minimum absolute atomic E-state index is 0. The second-order valence-corrected chi connectivity index (χ2v) is 8.63. The average Bonchev–Trinajstić information content (AvgIpc) is 3.16. The third kappa shape index (κ3) is 5.81. The van der Waals surface area contributed by atoms with Gasteiger partial charge in [-0.25, -0.2) is 0 Å². The molecule has 1 fully saturated rings. The van der Waals surface area contributed by atoms with Gasteiger partial charge in [0.25, 0.3) is 11.8 Å². The molecule has 0 saturated carbocycles. The van der Waals surface area contributed by atoms with Crippen molar-refractivity contribution in [3.05, 3.63) is 52.4 Å². The fraction of sp³-hybridized carbons (Fsp3) is 0.455. The van der Waals surface area contributed by atoms with Gasteiger partial charge in [0.15, 0.2) is 0 Å². The van der Waals surface area contributed by atoms with Crippen LogP contribution in [0.3, 0.4) is 0 Å². The third-order valence-electron chi connectivity index (χ3n) is 5.26. The molecule has 1 aliphatic rings. The molecule has 1 aromatic carbocycles. The Balaban J connectivity index is 0.00000300. The molecule has 158 valence electrons. The largest absolute Gasteiger partial charge is 0.338 e. The minimum atomic E-state index is -0.182. The van der Waals surface area contributed by atoms with Crippen molar-refractivity contribution in [1.29, 1.82) is 0 Å². The fourth-order valence-corrected chi connectivity index (χ4v) is 4.42. The number of likely N-dealkylation sites (tertiary alicyclic amines) is 1. The number of thiophene rings is 1. The monoisotopic (exact) mass is 435 g/mol. The van der Waals surface area contributed by atoms with Crippen LogP contribution in [-0.2, 0) is 0 Å². The smallest absolute Gasteiger partial charge is 0.256 e. The van der Waals surface area contributed by atoms with Gasteiger partial charge in [0.1, 0.15) is 5.00 Å². The highest BCUT2D eigenvalue weighted by molar-refractivity contribution is 7.14. The lowest BCUT2D eigenvalue weighted by Crippen LogP contribution is -2.42. The van der Waals surface area contributed by atoms with E-state index in [0.29, 0.717) is 28.0 Å². The Hall–Kier alpha value is -1.89.